The minimum Gasteiger partial charge on any atom is -0.482 e. The molecule has 1 saturated carbocycles. The highest BCUT2D eigenvalue weighted by atomic mass is 127. The van der Waals surface area contributed by atoms with Gasteiger partial charge in [0.2, 0.25) is 11.8 Å². The molecular weight excluding hydrogens is 578 g/mol. The van der Waals surface area contributed by atoms with Crippen LogP contribution in [0, 0.1) is 15.3 Å². The highest BCUT2D eigenvalue weighted by Gasteiger charge is 2.43. The lowest BCUT2D eigenvalue weighted by atomic mass is 9.87. The summed E-state index contributed by atoms with van der Waals surface area (Å²) in [5.74, 6) is -0.325. The third kappa shape index (κ3) is 6.63. The van der Waals surface area contributed by atoms with Crippen LogP contribution in [0.3, 0.4) is 0 Å². The monoisotopic (exact) mass is 608 g/mol. The van der Waals surface area contributed by atoms with Gasteiger partial charge < -0.3 is 25.2 Å². The predicted molar refractivity (Wildman–Crippen MR) is 141 cm³/mol. The fraction of sp³-hybridized carbons (Fsp3) is 0.407. The largest absolute Gasteiger partial charge is 0.482 e. The molecule has 2 aromatic carbocycles. The van der Waals surface area contributed by atoms with Gasteiger partial charge in [-0.05, 0) is 77.8 Å². The molecule has 4 rings (SSSR count). The average Bonchev–Trinajstić information content (AvgIpc) is 3.71. The van der Waals surface area contributed by atoms with Gasteiger partial charge in [0.15, 0.2) is 0 Å². The lowest BCUT2D eigenvalue weighted by molar-refractivity contribution is -0.139. The van der Waals surface area contributed by atoms with Gasteiger partial charge in [0.1, 0.15) is 23.8 Å². The number of nitrogens with zero attached hydrogens (tertiary/aromatic N) is 1. The van der Waals surface area contributed by atoms with E-state index >= 15 is 0 Å². The van der Waals surface area contributed by atoms with Crippen molar-refractivity contribution < 1.29 is 28.9 Å². The Morgan fingerprint density at radius 3 is 2.64 bits per heavy atom. The molecule has 0 aliphatic heterocycles. The van der Waals surface area contributed by atoms with Crippen molar-refractivity contribution in [2.24, 2.45) is 5.92 Å². The number of nitrogens with one attached hydrogen (secondary N) is 1. The smallest absolute Gasteiger partial charge is 0.247 e. The maximum absolute atomic E-state index is 13.7. The van der Waals surface area contributed by atoms with E-state index in [1.54, 1.807) is 29.2 Å². The van der Waals surface area contributed by atoms with Crippen molar-refractivity contribution >= 4 is 34.4 Å². The van der Waals surface area contributed by atoms with Gasteiger partial charge in [0.25, 0.3) is 0 Å². The molecule has 2 aliphatic carbocycles. The summed E-state index contributed by atoms with van der Waals surface area (Å²) in [5, 5.41) is 23.2. The number of halogens is 2. The Labute approximate surface area is 223 Å². The maximum Gasteiger partial charge on any atom is 0.247 e. The molecule has 3 N–H and O–H groups in total. The van der Waals surface area contributed by atoms with Gasteiger partial charge in [0.05, 0.1) is 16.2 Å². The predicted octanol–water partition coefficient (Wildman–Crippen LogP) is 2.83. The van der Waals surface area contributed by atoms with E-state index < -0.39 is 18.2 Å². The second-order valence-corrected chi connectivity index (χ2v) is 10.3. The number of benzene rings is 2. The molecule has 9 heteroatoms. The summed E-state index contributed by atoms with van der Waals surface area (Å²) >= 11 is 2.14. The molecule has 7 nitrogen and oxygen atoms in total. The van der Waals surface area contributed by atoms with Crippen molar-refractivity contribution in [1.82, 2.24) is 10.2 Å². The Balaban J connectivity index is 1.62. The maximum atomic E-state index is 13.7. The number of aliphatic hydroxyl groups is 2. The van der Waals surface area contributed by atoms with E-state index in [1.807, 2.05) is 18.2 Å². The van der Waals surface area contributed by atoms with Gasteiger partial charge in [-0.1, -0.05) is 24.3 Å². The normalized spacial score (nSPS) is 21.4. The topological polar surface area (TPSA) is 99.1 Å². The Bertz CT molecular complexity index is 1120. The van der Waals surface area contributed by atoms with Crippen LogP contribution < -0.4 is 10.1 Å². The lowest BCUT2D eigenvalue weighted by Crippen LogP contribution is -2.56. The van der Waals surface area contributed by atoms with Gasteiger partial charge in [0, 0.05) is 31.0 Å². The molecule has 3 atom stereocenters. The van der Waals surface area contributed by atoms with Crippen molar-refractivity contribution in [3.8, 4) is 5.75 Å². The Morgan fingerprint density at radius 2 is 1.94 bits per heavy atom. The zero-order valence-electron chi connectivity index (χ0n) is 19.8. The van der Waals surface area contributed by atoms with Crippen LogP contribution in [0.2, 0.25) is 0 Å². The number of para-hydroxylation sites is 1. The zero-order chi connectivity index (χ0) is 25.7. The number of aliphatic hydroxyl groups excluding tert-OH is 2. The quantitative estimate of drug-likeness (QED) is 0.361. The molecule has 2 aliphatic rings. The molecule has 3 unspecified atom stereocenters. The fourth-order valence-electron chi connectivity index (χ4n) is 4.41. The van der Waals surface area contributed by atoms with Gasteiger partial charge in [-0.25, -0.2) is 4.39 Å². The number of hydrogen-bond donors (Lipinski definition) is 3. The number of ether oxygens (including phenoxy) is 1. The molecular formula is C27H30FIN2O5. The van der Waals surface area contributed by atoms with Crippen LogP contribution in [0.25, 0.3) is 0 Å². The van der Waals surface area contributed by atoms with E-state index in [-0.39, 0.29) is 49.7 Å². The highest BCUT2D eigenvalue weighted by Crippen LogP contribution is 2.35. The van der Waals surface area contributed by atoms with Crippen molar-refractivity contribution in [3.63, 3.8) is 0 Å². The number of hydrogen-bond acceptors (Lipinski definition) is 5. The SMILES string of the molecule is O=C(NCCO)C1=CC(Oc2ccccc2I)C(O)C(N(CCc2cccc(F)c2)C(=O)C2CC2)C1. The Hall–Kier alpha value is -2.50. The van der Waals surface area contributed by atoms with Crippen molar-refractivity contribution in [1.29, 1.82) is 0 Å². The summed E-state index contributed by atoms with van der Waals surface area (Å²) in [6, 6.07) is 12.9. The standard InChI is InChI=1S/C27H30FIN2O5/c28-20-5-3-4-17(14-20)10-12-31(27(35)18-8-9-18)22-15-19(26(34)30-11-13-32)16-24(25(22)33)36-23-7-2-1-6-21(23)29/h1-7,14,16,18,22,24-25,32-33H,8-13,15H2,(H,30,34). The first-order chi connectivity index (χ1) is 17.4. The van der Waals surface area contributed by atoms with E-state index in [1.165, 1.54) is 12.1 Å². The van der Waals surface area contributed by atoms with Crippen LogP contribution in [0.4, 0.5) is 4.39 Å². The van der Waals surface area contributed by atoms with Crippen LogP contribution in [-0.4, -0.2) is 64.9 Å². The van der Waals surface area contributed by atoms with Crippen molar-refractivity contribution in [3.05, 3.63) is 75.1 Å². The molecule has 2 amide bonds. The van der Waals surface area contributed by atoms with E-state index in [0.717, 1.165) is 22.0 Å². The minimum absolute atomic E-state index is 0.0690. The minimum atomic E-state index is -1.08. The van der Waals surface area contributed by atoms with Gasteiger partial charge in [-0.3, -0.25) is 9.59 Å². The molecule has 36 heavy (non-hydrogen) atoms. The molecule has 1 fully saturated rings. The van der Waals surface area contributed by atoms with E-state index in [0.29, 0.717) is 17.7 Å². The van der Waals surface area contributed by atoms with Crippen LogP contribution in [0.1, 0.15) is 24.8 Å². The molecule has 0 aromatic heterocycles. The van der Waals surface area contributed by atoms with Crippen LogP contribution in [-0.2, 0) is 16.0 Å². The number of amides is 2. The fourth-order valence-corrected chi connectivity index (χ4v) is 4.93. The summed E-state index contributed by atoms with van der Waals surface area (Å²) in [6.45, 7) is 0.171. The third-order valence-corrected chi connectivity index (χ3v) is 7.35. The average molecular weight is 608 g/mol. The molecule has 0 radical (unpaired) electrons. The van der Waals surface area contributed by atoms with Crippen LogP contribution in [0.15, 0.2) is 60.2 Å². The molecule has 0 spiro atoms. The molecule has 0 heterocycles. The first kappa shape index (κ1) is 26.6. The summed E-state index contributed by atoms with van der Waals surface area (Å²) < 4.78 is 20.7. The summed E-state index contributed by atoms with van der Waals surface area (Å²) in [7, 11) is 0. The Kier molecular flexibility index (Phi) is 8.97. The number of rotatable bonds is 10. The van der Waals surface area contributed by atoms with E-state index in [2.05, 4.69) is 27.9 Å². The van der Waals surface area contributed by atoms with Gasteiger partial charge >= 0.3 is 0 Å². The first-order valence-electron chi connectivity index (χ1n) is 12.1. The molecule has 0 saturated heterocycles. The second-order valence-electron chi connectivity index (χ2n) is 9.13. The second kappa shape index (κ2) is 12.2. The zero-order valence-corrected chi connectivity index (χ0v) is 21.9. The molecule has 192 valence electrons. The molecule has 2 aromatic rings. The van der Waals surface area contributed by atoms with Crippen LogP contribution >= 0.6 is 22.6 Å². The highest BCUT2D eigenvalue weighted by molar-refractivity contribution is 14.1. The molecule has 0 bridgehead atoms. The first-order valence-corrected chi connectivity index (χ1v) is 13.2. The summed E-state index contributed by atoms with van der Waals surface area (Å²) in [4.78, 5) is 27.9. The third-order valence-electron chi connectivity index (χ3n) is 6.45. The van der Waals surface area contributed by atoms with E-state index in [9.17, 15) is 19.1 Å². The number of carbonyl (C=O) groups is 2. The van der Waals surface area contributed by atoms with E-state index in [4.69, 9.17) is 9.84 Å². The number of carbonyl (C=O) groups excluding carboxylic acids is 2. The summed E-state index contributed by atoms with van der Waals surface area (Å²) in [6.07, 6.45) is 1.80. The van der Waals surface area contributed by atoms with Crippen molar-refractivity contribution in [2.75, 3.05) is 19.7 Å². The summed E-state index contributed by atoms with van der Waals surface area (Å²) in [5.41, 5.74) is 1.13. The van der Waals surface area contributed by atoms with Gasteiger partial charge in [-0.15, -0.1) is 0 Å². The lowest BCUT2D eigenvalue weighted by Gasteiger charge is -2.40. The van der Waals surface area contributed by atoms with Gasteiger partial charge in [-0.2, -0.15) is 0 Å². The van der Waals surface area contributed by atoms with Crippen molar-refractivity contribution in [2.45, 2.75) is 43.9 Å². The van der Waals surface area contributed by atoms with Crippen LogP contribution in [0.5, 0.6) is 5.75 Å². The Morgan fingerprint density at radius 1 is 1.17 bits per heavy atom.